The van der Waals surface area contributed by atoms with E-state index in [0.29, 0.717) is 6.29 Å². The average Bonchev–Trinajstić information content (AvgIpc) is 3.69. The molecule has 1 N–H and O–H groups in total. The molecule has 0 bridgehead atoms. The molecule has 0 aromatic heterocycles. The van der Waals surface area contributed by atoms with E-state index in [1.807, 2.05) is 22.6 Å². The van der Waals surface area contributed by atoms with Crippen molar-refractivity contribution in [3.8, 4) is 0 Å². The molecule has 294 valence electrons. The molecular formula is C36H32BrF12IMgO3. The predicted octanol–water partition coefficient (Wildman–Crippen LogP) is 8.89. The summed E-state index contributed by atoms with van der Waals surface area (Å²) in [6.07, 6.45) is -15.8. The zero-order valence-corrected chi connectivity index (χ0v) is 33.3. The van der Waals surface area contributed by atoms with Gasteiger partial charge in [-0.2, -0.15) is 59.6 Å². The van der Waals surface area contributed by atoms with Gasteiger partial charge in [-0.25, -0.2) is 0 Å². The van der Waals surface area contributed by atoms with Crippen LogP contribution in [0.3, 0.4) is 0 Å². The molecule has 0 spiro atoms. The first-order valence-electron chi connectivity index (χ1n) is 14.9. The number of carbonyl (C=O) groups excluding carboxylic acids is 1. The van der Waals surface area contributed by atoms with Crippen LogP contribution in [0.5, 0.6) is 0 Å². The van der Waals surface area contributed by atoms with Gasteiger partial charge in [0.15, 0.2) is 0 Å². The molecule has 0 atom stereocenters. The summed E-state index contributed by atoms with van der Waals surface area (Å²) in [5, 5.41) is 10.0. The fraction of sp³-hybridized carbons (Fsp3) is 0.278. The predicted molar refractivity (Wildman–Crippen MR) is 185 cm³/mol. The Morgan fingerprint density at radius 3 is 1.06 bits per heavy atom. The van der Waals surface area contributed by atoms with Gasteiger partial charge in [-0.15, -0.1) is 0 Å². The molecule has 0 radical (unpaired) electrons. The van der Waals surface area contributed by atoms with Gasteiger partial charge < -0.3 is 33.7 Å². The Balaban J connectivity index is 0. The van der Waals surface area contributed by atoms with Crippen LogP contribution in [0.2, 0.25) is 0 Å². The molecule has 54 heavy (non-hydrogen) atoms. The Morgan fingerprint density at radius 2 is 0.833 bits per heavy atom. The van der Waals surface area contributed by atoms with Crippen LogP contribution in [0.1, 0.15) is 69.6 Å². The standard InChI is InChI=1S/C15H10F6O.C8H5F3O.C7H4F3I.C4H8O.C2H5.BrH.Mg/c16-14(17,18)11-5-1-9(2-6-11)13(22)10-3-7-12(8-4-10)15(19,20)21;9-8(10,11)7-3-1-6(5-12)2-4-7;8-7(9,10)5-1-3-6(11)4-2-5;1-2-4-5-3-1;1-2;;/h1-8,13,22H;1-5H;1-4H;1-4H2;1H2,2H3;1H;/q;;;;-1;;+2/p-1. The quantitative estimate of drug-likeness (QED) is 0.0735. The van der Waals surface area contributed by atoms with E-state index in [9.17, 15) is 62.6 Å². The SMILES string of the molecule is C1CCOC1.FC(F)(F)c1ccc(I)cc1.O=Cc1ccc(C(F)(F)F)cc1.OC(c1ccc(C(F)(F)F)cc1)c1ccc(C(F)(F)F)cc1.[Br-].[CH2-]C.[Mg+2]. The molecule has 0 saturated carbocycles. The van der Waals surface area contributed by atoms with Gasteiger partial charge in [-0.3, -0.25) is 4.79 Å². The van der Waals surface area contributed by atoms with Crippen LogP contribution in [0.25, 0.3) is 0 Å². The molecule has 4 aromatic rings. The van der Waals surface area contributed by atoms with Crippen LogP contribution in [0.15, 0.2) is 97.1 Å². The summed E-state index contributed by atoms with van der Waals surface area (Å²) >= 11 is 1.96. The maximum Gasteiger partial charge on any atom is 2.00 e. The number of halogens is 14. The van der Waals surface area contributed by atoms with E-state index >= 15 is 0 Å². The number of hydrogen-bond donors (Lipinski definition) is 1. The minimum absolute atomic E-state index is 0. The molecule has 4 aromatic carbocycles. The number of hydrogen-bond acceptors (Lipinski definition) is 3. The van der Waals surface area contributed by atoms with Gasteiger partial charge in [0, 0.05) is 22.3 Å². The number of benzene rings is 4. The van der Waals surface area contributed by atoms with E-state index in [-0.39, 0.29) is 56.7 Å². The van der Waals surface area contributed by atoms with Crippen molar-refractivity contribution in [3.63, 3.8) is 0 Å². The molecule has 1 heterocycles. The first kappa shape index (κ1) is 53.7. The van der Waals surface area contributed by atoms with Crippen molar-refractivity contribution in [3.05, 3.63) is 146 Å². The Kier molecular flexibility index (Phi) is 24.8. The normalized spacial score (nSPS) is 12.4. The topological polar surface area (TPSA) is 46.5 Å². The van der Waals surface area contributed by atoms with Crippen molar-refractivity contribution in [1.82, 2.24) is 0 Å². The summed E-state index contributed by atoms with van der Waals surface area (Å²) in [5.41, 5.74) is -2.51. The summed E-state index contributed by atoms with van der Waals surface area (Å²) in [7, 11) is 0. The van der Waals surface area contributed by atoms with Crippen LogP contribution in [-0.2, 0) is 29.4 Å². The van der Waals surface area contributed by atoms with Crippen LogP contribution in [0.4, 0.5) is 52.7 Å². The molecule has 1 fully saturated rings. The van der Waals surface area contributed by atoms with Gasteiger partial charge in [0.2, 0.25) is 0 Å². The zero-order valence-electron chi connectivity index (χ0n) is 28.2. The van der Waals surface area contributed by atoms with Gasteiger partial charge in [0.25, 0.3) is 0 Å². The van der Waals surface area contributed by atoms with Crippen molar-refractivity contribution >= 4 is 51.9 Å². The van der Waals surface area contributed by atoms with Gasteiger partial charge in [-0.1, -0.05) is 36.4 Å². The maximum atomic E-state index is 12.4. The minimum atomic E-state index is -4.49. The van der Waals surface area contributed by atoms with Gasteiger partial charge in [0.1, 0.15) is 12.4 Å². The Hall–Kier alpha value is -2.39. The number of aliphatic hydroxyl groups is 1. The van der Waals surface area contributed by atoms with E-state index in [2.05, 4.69) is 6.92 Å². The summed E-state index contributed by atoms with van der Waals surface area (Å²) in [6.45, 7) is 7.00. The van der Waals surface area contributed by atoms with E-state index in [0.717, 1.165) is 102 Å². The number of alkyl halides is 12. The van der Waals surface area contributed by atoms with E-state index in [4.69, 9.17) is 4.74 Å². The van der Waals surface area contributed by atoms with Crippen molar-refractivity contribution in [1.29, 1.82) is 0 Å². The first-order valence-corrected chi connectivity index (χ1v) is 16.0. The number of rotatable bonds is 3. The molecule has 1 aliphatic heterocycles. The fourth-order valence-corrected chi connectivity index (χ4v) is 4.16. The van der Waals surface area contributed by atoms with Crippen molar-refractivity contribution in [2.24, 2.45) is 0 Å². The van der Waals surface area contributed by atoms with Crippen molar-refractivity contribution in [2.45, 2.75) is 50.6 Å². The van der Waals surface area contributed by atoms with Gasteiger partial charge in [-0.05, 0) is 107 Å². The van der Waals surface area contributed by atoms with Crippen molar-refractivity contribution in [2.75, 3.05) is 13.2 Å². The third kappa shape index (κ3) is 20.0. The molecule has 3 nitrogen and oxygen atoms in total. The molecule has 1 aliphatic rings. The van der Waals surface area contributed by atoms with E-state index < -0.39 is 53.1 Å². The average molecular weight is 972 g/mol. The third-order valence-corrected chi connectivity index (χ3v) is 7.20. The molecule has 18 heteroatoms. The zero-order chi connectivity index (χ0) is 39.8. The second-order valence-electron chi connectivity index (χ2n) is 10.2. The van der Waals surface area contributed by atoms with Crippen LogP contribution in [-0.4, -0.2) is 47.7 Å². The number of aliphatic hydroxyl groups excluding tert-OH is 1. The van der Waals surface area contributed by atoms with Gasteiger partial charge in [0.05, 0.1) is 22.3 Å². The number of ether oxygens (including phenoxy) is 1. The van der Waals surface area contributed by atoms with Crippen LogP contribution < -0.4 is 17.0 Å². The van der Waals surface area contributed by atoms with E-state index in [1.54, 1.807) is 6.92 Å². The van der Waals surface area contributed by atoms with Crippen LogP contribution >= 0.6 is 22.6 Å². The monoisotopic (exact) mass is 970 g/mol. The number of carbonyl (C=O) groups is 1. The fourth-order valence-electron chi connectivity index (χ4n) is 3.80. The van der Waals surface area contributed by atoms with E-state index in [1.165, 1.54) is 25.0 Å². The maximum absolute atomic E-state index is 12.4. The summed E-state index contributed by atoms with van der Waals surface area (Å²) in [5.74, 6) is 0. The van der Waals surface area contributed by atoms with Gasteiger partial charge >= 0.3 is 47.8 Å². The molecular weight excluding hydrogens is 939 g/mol. The molecule has 0 amide bonds. The van der Waals surface area contributed by atoms with Crippen molar-refractivity contribution < 1.29 is 84.3 Å². The molecule has 0 unspecified atom stereocenters. The second kappa shape index (κ2) is 25.0. The largest absolute Gasteiger partial charge is 2.00 e. The Labute approximate surface area is 344 Å². The number of aldehydes is 1. The molecule has 5 rings (SSSR count). The first-order chi connectivity index (χ1) is 24.1. The summed E-state index contributed by atoms with van der Waals surface area (Å²) in [6, 6.07) is 16.6. The minimum Gasteiger partial charge on any atom is -1.00 e. The molecule has 1 saturated heterocycles. The summed E-state index contributed by atoms with van der Waals surface area (Å²) < 4.78 is 152. The Bertz CT molecular complexity index is 1530. The Morgan fingerprint density at radius 1 is 0.574 bits per heavy atom. The smallest absolute Gasteiger partial charge is 1.00 e. The second-order valence-corrected chi connectivity index (χ2v) is 11.4. The van der Waals surface area contributed by atoms with Crippen LogP contribution in [0, 0.1) is 10.5 Å². The molecule has 0 aliphatic carbocycles. The summed E-state index contributed by atoms with van der Waals surface area (Å²) in [4.78, 5) is 10.1. The third-order valence-electron chi connectivity index (χ3n) is 6.48.